The molecule has 0 radical (unpaired) electrons. The maximum Gasteiger partial charge on any atom is 0.0406 e. The van der Waals surface area contributed by atoms with Crippen molar-refractivity contribution < 1.29 is 0 Å². The second kappa shape index (κ2) is 10.3. The van der Waals surface area contributed by atoms with E-state index in [2.05, 4.69) is 43.3 Å². The minimum atomic E-state index is -0.389. The zero-order chi connectivity index (χ0) is 18.2. The molecule has 0 spiro atoms. The second-order valence-electron chi connectivity index (χ2n) is 8.08. The van der Waals surface area contributed by atoms with Crippen molar-refractivity contribution in [1.29, 1.82) is 0 Å². The summed E-state index contributed by atoms with van der Waals surface area (Å²) in [7, 11) is -0.389. The van der Waals surface area contributed by atoms with Gasteiger partial charge in [-0.05, 0) is 60.4 Å². The summed E-state index contributed by atoms with van der Waals surface area (Å²) < 4.78 is 0. The Morgan fingerprint density at radius 1 is 0.846 bits per heavy atom. The van der Waals surface area contributed by atoms with E-state index in [0.717, 1.165) is 23.8 Å². The number of aryl methyl sites for hydroxylation is 2. The van der Waals surface area contributed by atoms with Gasteiger partial charge in [-0.2, -0.15) is 0 Å². The Balaban J connectivity index is 1.45. The summed E-state index contributed by atoms with van der Waals surface area (Å²) in [5.74, 6) is 0.829. The molecule has 0 N–H and O–H groups in total. The van der Waals surface area contributed by atoms with Gasteiger partial charge in [0.15, 0.2) is 0 Å². The summed E-state index contributed by atoms with van der Waals surface area (Å²) in [4.78, 5) is 0. The zero-order valence-electron chi connectivity index (χ0n) is 16.2. The van der Waals surface area contributed by atoms with Gasteiger partial charge in [-0.25, -0.2) is 0 Å². The molecule has 1 saturated heterocycles. The number of rotatable bonds is 8. The lowest BCUT2D eigenvalue weighted by atomic mass is 9.92. The molecule has 0 aliphatic carbocycles. The van der Waals surface area contributed by atoms with Crippen molar-refractivity contribution in [1.82, 2.24) is 0 Å². The first-order valence-corrected chi connectivity index (χ1v) is 13.4. The fraction of sp³-hybridized carbons (Fsp3) is 0.500. The van der Waals surface area contributed by atoms with Crippen molar-refractivity contribution in [3.8, 4) is 0 Å². The molecule has 0 atom stereocenters. The first-order valence-electron chi connectivity index (χ1n) is 10.6. The molecule has 26 heavy (non-hydrogen) atoms. The van der Waals surface area contributed by atoms with E-state index >= 15 is 0 Å². The average molecular weight is 385 g/mol. The minimum absolute atomic E-state index is 0.389. The van der Waals surface area contributed by atoms with Crippen molar-refractivity contribution in [3.63, 3.8) is 0 Å². The third-order valence-corrected chi connectivity index (χ3v) is 9.91. The van der Waals surface area contributed by atoms with Crippen LogP contribution in [-0.4, -0.2) is 8.80 Å². The van der Waals surface area contributed by atoms with Gasteiger partial charge in [-0.3, -0.25) is 0 Å². The molecule has 2 heteroatoms. The van der Waals surface area contributed by atoms with Crippen LogP contribution in [0.15, 0.2) is 48.5 Å². The summed E-state index contributed by atoms with van der Waals surface area (Å²) >= 11 is 5.96. The quantitative estimate of drug-likeness (QED) is 0.328. The Labute approximate surface area is 166 Å². The normalized spacial score (nSPS) is 20.2. The number of halogens is 1. The van der Waals surface area contributed by atoms with Crippen molar-refractivity contribution in [2.24, 2.45) is 0 Å². The lowest BCUT2D eigenvalue weighted by Crippen LogP contribution is -2.20. The molecule has 0 saturated carbocycles. The molecular formula is C24H33ClSi. The molecule has 140 valence electrons. The van der Waals surface area contributed by atoms with Gasteiger partial charge in [-0.15, -0.1) is 0 Å². The molecule has 2 aromatic carbocycles. The van der Waals surface area contributed by atoms with Crippen LogP contribution < -0.4 is 0 Å². The first-order chi connectivity index (χ1) is 12.7. The van der Waals surface area contributed by atoms with Gasteiger partial charge in [0, 0.05) is 13.8 Å². The van der Waals surface area contributed by atoms with E-state index in [1.165, 1.54) is 43.2 Å². The van der Waals surface area contributed by atoms with Crippen LogP contribution in [0.3, 0.4) is 0 Å². The van der Waals surface area contributed by atoms with Gasteiger partial charge >= 0.3 is 0 Å². The average Bonchev–Trinajstić information content (AvgIpc) is 2.69. The number of hydrogen-bond acceptors (Lipinski definition) is 0. The SMILES string of the molecule is CCCCC[Si@H]1CC[C@H](c2ccc(CCc3ccc(Cl)cc3)cc2)CC1. The number of hydrogen-bond donors (Lipinski definition) is 0. The number of benzene rings is 2. The summed E-state index contributed by atoms with van der Waals surface area (Å²) in [5.41, 5.74) is 4.40. The second-order valence-corrected chi connectivity index (χ2v) is 12.0. The third-order valence-electron chi connectivity index (χ3n) is 6.13. The molecule has 0 nitrogen and oxygen atoms in total. The largest absolute Gasteiger partial charge is 0.0843 e. The van der Waals surface area contributed by atoms with Gasteiger partial charge in [0.2, 0.25) is 0 Å². The molecule has 1 heterocycles. The van der Waals surface area contributed by atoms with Crippen molar-refractivity contribution >= 4 is 20.4 Å². The van der Waals surface area contributed by atoms with E-state index < -0.39 is 0 Å². The van der Waals surface area contributed by atoms with Crippen LogP contribution >= 0.6 is 11.6 Å². The Hall–Kier alpha value is -1.05. The smallest absolute Gasteiger partial charge is 0.0406 e. The fourth-order valence-corrected chi connectivity index (χ4v) is 7.97. The summed E-state index contributed by atoms with van der Waals surface area (Å²) in [6.45, 7) is 2.32. The van der Waals surface area contributed by atoms with Gasteiger partial charge in [0.05, 0.1) is 0 Å². The maximum atomic E-state index is 5.96. The predicted octanol–water partition coefficient (Wildman–Crippen LogP) is 7.42. The van der Waals surface area contributed by atoms with Crippen LogP contribution in [0, 0.1) is 0 Å². The standard InChI is InChI=1S/C24H33ClSi/c1-2-3-4-17-26-18-15-23(16-19-26)22-11-7-20(8-12-22)5-6-21-9-13-24(25)14-10-21/h7-14,23,26H,2-6,15-19H2,1H3/t23-,26-. The molecule has 0 unspecified atom stereocenters. The van der Waals surface area contributed by atoms with E-state index in [4.69, 9.17) is 11.6 Å². The highest BCUT2D eigenvalue weighted by Gasteiger charge is 2.22. The highest BCUT2D eigenvalue weighted by Crippen LogP contribution is 2.35. The molecular weight excluding hydrogens is 352 g/mol. The van der Waals surface area contributed by atoms with Crippen molar-refractivity contribution in [3.05, 3.63) is 70.2 Å². The predicted molar refractivity (Wildman–Crippen MR) is 118 cm³/mol. The molecule has 1 aliphatic rings. The lowest BCUT2D eigenvalue weighted by molar-refractivity contribution is 0.603. The van der Waals surface area contributed by atoms with Crippen LogP contribution in [-0.2, 0) is 12.8 Å². The van der Waals surface area contributed by atoms with Gasteiger partial charge < -0.3 is 0 Å². The highest BCUT2D eigenvalue weighted by molar-refractivity contribution is 6.59. The van der Waals surface area contributed by atoms with Crippen molar-refractivity contribution in [2.45, 2.75) is 75.9 Å². The molecule has 1 fully saturated rings. The third kappa shape index (κ3) is 5.99. The minimum Gasteiger partial charge on any atom is -0.0843 e. The van der Waals surface area contributed by atoms with Crippen LogP contribution in [0.25, 0.3) is 0 Å². The topological polar surface area (TPSA) is 0 Å². The maximum absolute atomic E-state index is 5.96. The van der Waals surface area contributed by atoms with Crippen LogP contribution in [0.4, 0.5) is 0 Å². The molecule has 3 rings (SSSR count). The van der Waals surface area contributed by atoms with Gasteiger partial charge in [-0.1, -0.05) is 92.3 Å². The Morgan fingerprint density at radius 3 is 2.00 bits per heavy atom. The summed E-state index contributed by atoms with van der Waals surface area (Å²) in [6, 6.07) is 22.5. The zero-order valence-corrected chi connectivity index (χ0v) is 18.1. The monoisotopic (exact) mass is 384 g/mol. The highest BCUT2D eigenvalue weighted by atomic mass is 35.5. The van der Waals surface area contributed by atoms with Crippen LogP contribution in [0.1, 0.15) is 61.6 Å². The Morgan fingerprint density at radius 2 is 1.42 bits per heavy atom. The number of unbranched alkanes of at least 4 members (excludes halogenated alkanes) is 2. The summed E-state index contributed by atoms with van der Waals surface area (Å²) in [6.07, 6.45) is 9.42. The van der Waals surface area contributed by atoms with E-state index in [0.29, 0.717) is 0 Å². The molecule has 0 bridgehead atoms. The van der Waals surface area contributed by atoms with Gasteiger partial charge in [0.1, 0.15) is 0 Å². The Bertz CT molecular complexity index is 639. The van der Waals surface area contributed by atoms with E-state index in [1.54, 1.807) is 23.7 Å². The summed E-state index contributed by atoms with van der Waals surface area (Å²) in [5, 5.41) is 0.821. The van der Waals surface area contributed by atoms with Crippen molar-refractivity contribution in [2.75, 3.05) is 0 Å². The fourth-order valence-electron chi connectivity index (χ4n) is 4.36. The van der Waals surface area contributed by atoms with E-state index in [1.807, 2.05) is 12.1 Å². The van der Waals surface area contributed by atoms with E-state index in [9.17, 15) is 0 Å². The molecule has 2 aromatic rings. The first kappa shape index (κ1) is 19.7. The van der Waals surface area contributed by atoms with E-state index in [-0.39, 0.29) is 8.80 Å². The van der Waals surface area contributed by atoms with Gasteiger partial charge in [0.25, 0.3) is 0 Å². The molecule has 1 aliphatic heterocycles. The molecule has 0 amide bonds. The lowest BCUT2D eigenvalue weighted by Gasteiger charge is -2.28. The molecule has 0 aromatic heterocycles. The Kier molecular flexibility index (Phi) is 7.82. The van der Waals surface area contributed by atoms with Crippen LogP contribution in [0.5, 0.6) is 0 Å². The van der Waals surface area contributed by atoms with Crippen LogP contribution in [0.2, 0.25) is 23.2 Å².